The smallest absolute Gasteiger partial charge is 0.180 e. The molecule has 1 aromatic carbocycles. The van der Waals surface area contributed by atoms with Crippen molar-refractivity contribution in [2.75, 3.05) is 5.75 Å². The molecule has 1 aromatic rings. The Morgan fingerprint density at radius 2 is 1.82 bits per heavy atom. The third-order valence-electron chi connectivity index (χ3n) is 3.19. The predicted molar refractivity (Wildman–Crippen MR) is 69.0 cm³/mol. The highest BCUT2D eigenvalue weighted by Crippen LogP contribution is 2.37. The topological polar surface area (TPSA) is 46.2 Å². The lowest BCUT2D eigenvalue weighted by atomic mass is 9.99. The van der Waals surface area contributed by atoms with Crippen molar-refractivity contribution < 1.29 is 8.42 Å². The molecule has 0 bridgehead atoms. The summed E-state index contributed by atoms with van der Waals surface area (Å²) >= 11 is 0. The van der Waals surface area contributed by atoms with Gasteiger partial charge in [-0.1, -0.05) is 26.0 Å². The van der Waals surface area contributed by atoms with Gasteiger partial charge in [0.25, 0.3) is 0 Å². The van der Waals surface area contributed by atoms with Gasteiger partial charge in [0, 0.05) is 12.1 Å². The van der Waals surface area contributed by atoms with Crippen molar-refractivity contribution in [3.05, 3.63) is 28.8 Å². The van der Waals surface area contributed by atoms with Crippen molar-refractivity contribution in [1.29, 1.82) is 0 Å². The molecule has 3 nitrogen and oxygen atoms in total. The molecule has 0 saturated carbocycles. The Morgan fingerprint density at radius 3 is 2.41 bits per heavy atom. The number of rotatable bonds is 2. The van der Waals surface area contributed by atoms with Gasteiger partial charge in [0.15, 0.2) is 9.84 Å². The zero-order valence-corrected chi connectivity index (χ0v) is 11.6. The van der Waals surface area contributed by atoms with Crippen LogP contribution in [0.25, 0.3) is 0 Å². The van der Waals surface area contributed by atoms with Crippen molar-refractivity contribution >= 4 is 9.84 Å². The monoisotopic (exact) mass is 253 g/mol. The zero-order valence-electron chi connectivity index (χ0n) is 10.7. The maximum atomic E-state index is 12.2. The van der Waals surface area contributed by atoms with E-state index in [1.54, 1.807) is 0 Å². The quantitative estimate of drug-likeness (QED) is 0.878. The summed E-state index contributed by atoms with van der Waals surface area (Å²) in [4.78, 5) is 0.552. The fraction of sp³-hybridized carbons (Fsp3) is 0.538. The number of hydrogen-bond acceptors (Lipinski definition) is 3. The summed E-state index contributed by atoms with van der Waals surface area (Å²) in [6, 6.07) is 4.11. The summed E-state index contributed by atoms with van der Waals surface area (Å²) in [5, 5.41) is 3.34. The summed E-state index contributed by atoms with van der Waals surface area (Å²) in [5.41, 5.74) is 2.89. The van der Waals surface area contributed by atoms with Crippen molar-refractivity contribution in [3.63, 3.8) is 0 Å². The van der Waals surface area contributed by atoms with Gasteiger partial charge in [-0.15, -0.1) is 0 Å². The predicted octanol–water partition coefficient (Wildman–Crippen LogP) is 2.13. The average molecular weight is 253 g/mol. The Bertz CT molecular complexity index is 547. The van der Waals surface area contributed by atoms with E-state index in [9.17, 15) is 8.42 Å². The van der Waals surface area contributed by atoms with Crippen LogP contribution in [0, 0.1) is 13.8 Å². The van der Waals surface area contributed by atoms with E-state index in [1.165, 1.54) is 0 Å². The van der Waals surface area contributed by atoms with Crippen molar-refractivity contribution in [1.82, 2.24) is 5.32 Å². The van der Waals surface area contributed by atoms with Crippen molar-refractivity contribution in [3.8, 4) is 0 Å². The van der Waals surface area contributed by atoms with Gasteiger partial charge < -0.3 is 5.32 Å². The van der Waals surface area contributed by atoms with Crippen LogP contribution in [0.5, 0.6) is 0 Å². The largest absolute Gasteiger partial charge is 0.307 e. The molecule has 0 amide bonds. The highest BCUT2D eigenvalue weighted by Gasteiger charge is 2.37. The zero-order chi connectivity index (χ0) is 12.8. The Kier molecular flexibility index (Phi) is 3.04. The lowest BCUT2D eigenvalue weighted by Gasteiger charge is -2.17. The maximum Gasteiger partial charge on any atom is 0.180 e. The fourth-order valence-corrected chi connectivity index (χ4v) is 4.64. The summed E-state index contributed by atoms with van der Waals surface area (Å²) in [5.74, 6) is 0.187. The molecular formula is C13H19NO2S. The first-order chi connectivity index (χ1) is 7.83. The van der Waals surface area contributed by atoms with Crippen molar-refractivity contribution in [2.45, 2.75) is 44.7 Å². The SMILES string of the molecule is Cc1ccc(C)c2c1C(NC(C)C)CS2(=O)=O. The second kappa shape index (κ2) is 4.10. The molecule has 1 N–H and O–H groups in total. The van der Waals surface area contributed by atoms with Crippen LogP contribution in [0.3, 0.4) is 0 Å². The van der Waals surface area contributed by atoms with E-state index in [0.717, 1.165) is 16.7 Å². The number of aryl methyl sites for hydroxylation is 2. The highest BCUT2D eigenvalue weighted by molar-refractivity contribution is 7.91. The first-order valence-corrected chi connectivity index (χ1v) is 7.57. The van der Waals surface area contributed by atoms with E-state index < -0.39 is 9.84 Å². The normalized spacial score (nSPS) is 21.8. The molecule has 0 radical (unpaired) electrons. The van der Waals surface area contributed by atoms with Gasteiger partial charge in [0.05, 0.1) is 10.6 Å². The fourth-order valence-electron chi connectivity index (χ4n) is 2.57. The molecule has 1 aliphatic heterocycles. The molecule has 1 aliphatic rings. The standard InChI is InChI=1S/C13H19NO2S/c1-8(2)14-11-7-17(15,16)13-10(4)6-5-9(3)12(11)13/h5-6,8,11,14H,7H2,1-4H3. The van der Waals surface area contributed by atoms with E-state index >= 15 is 0 Å². The van der Waals surface area contributed by atoms with Gasteiger partial charge in [0.2, 0.25) is 0 Å². The summed E-state index contributed by atoms with van der Waals surface area (Å²) in [6.07, 6.45) is 0. The average Bonchev–Trinajstić information content (AvgIpc) is 2.44. The molecule has 94 valence electrons. The van der Waals surface area contributed by atoms with Crippen LogP contribution in [-0.4, -0.2) is 20.2 Å². The number of nitrogens with one attached hydrogen (secondary N) is 1. The molecule has 0 aromatic heterocycles. The third kappa shape index (κ3) is 2.11. The highest BCUT2D eigenvalue weighted by atomic mass is 32.2. The van der Waals surface area contributed by atoms with E-state index in [4.69, 9.17) is 0 Å². The molecule has 0 saturated heterocycles. The molecule has 1 heterocycles. The molecule has 1 unspecified atom stereocenters. The summed E-state index contributed by atoms with van der Waals surface area (Å²) in [6.45, 7) is 7.92. The number of benzene rings is 1. The summed E-state index contributed by atoms with van der Waals surface area (Å²) in [7, 11) is -3.12. The molecular weight excluding hydrogens is 234 g/mol. The van der Waals surface area contributed by atoms with Gasteiger partial charge in [-0.3, -0.25) is 0 Å². The minimum atomic E-state index is -3.12. The second-order valence-corrected chi connectivity index (χ2v) is 7.07. The Balaban J connectivity index is 2.61. The van der Waals surface area contributed by atoms with Crippen LogP contribution < -0.4 is 5.32 Å². The Labute approximate surface area is 103 Å². The van der Waals surface area contributed by atoms with Crippen LogP contribution >= 0.6 is 0 Å². The molecule has 0 aliphatic carbocycles. The van der Waals surface area contributed by atoms with Crippen LogP contribution in [-0.2, 0) is 9.84 Å². The van der Waals surface area contributed by atoms with Gasteiger partial charge in [-0.25, -0.2) is 8.42 Å². The number of sulfone groups is 1. The first-order valence-electron chi connectivity index (χ1n) is 5.92. The van der Waals surface area contributed by atoms with Crippen LogP contribution in [0.15, 0.2) is 17.0 Å². The second-order valence-electron chi connectivity index (χ2n) is 5.10. The molecule has 0 fully saturated rings. The minimum Gasteiger partial charge on any atom is -0.307 e. The molecule has 2 rings (SSSR count). The third-order valence-corrected chi connectivity index (χ3v) is 5.13. The molecule has 4 heteroatoms. The van der Waals surface area contributed by atoms with E-state index in [2.05, 4.69) is 5.32 Å². The van der Waals surface area contributed by atoms with Crippen LogP contribution in [0.1, 0.15) is 36.6 Å². The molecule has 17 heavy (non-hydrogen) atoms. The van der Waals surface area contributed by atoms with Gasteiger partial charge in [0.1, 0.15) is 0 Å². The number of fused-ring (bicyclic) bond motifs is 1. The first kappa shape index (κ1) is 12.6. The van der Waals surface area contributed by atoms with E-state index in [0.29, 0.717) is 4.90 Å². The van der Waals surface area contributed by atoms with E-state index in [1.807, 2.05) is 39.8 Å². The lowest BCUT2D eigenvalue weighted by Crippen LogP contribution is -2.29. The van der Waals surface area contributed by atoms with Crippen LogP contribution in [0.2, 0.25) is 0 Å². The van der Waals surface area contributed by atoms with Crippen molar-refractivity contribution in [2.24, 2.45) is 0 Å². The molecule has 1 atom stereocenters. The Hall–Kier alpha value is -0.870. The van der Waals surface area contributed by atoms with Crippen LogP contribution in [0.4, 0.5) is 0 Å². The maximum absolute atomic E-state index is 12.2. The van der Waals surface area contributed by atoms with Gasteiger partial charge in [-0.2, -0.15) is 0 Å². The minimum absolute atomic E-state index is 0.0603. The Morgan fingerprint density at radius 1 is 1.24 bits per heavy atom. The van der Waals surface area contributed by atoms with Gasteiger partial charge in [-0.05, 0) is 30.5 Å². The van der Waals surface area contributed by atoms with E-state index in [-0.39, 0.29) is 17.8 Å². The number of hydrogen-bond donors (Lipinski definition) is 1. The summed E-state index contributed by atoms with van der Waals surface area (Å²) < 4.78 is 24.4. The molecule has 0 spiro atoms. The van der Waals surface area contributed by atoms with Gasteiger partial charge >= 0.3 is 0 Å². The lowest BCUT2D eigenvalue weighted by molar-refractivity contribution is 0.506.